The summed E-state index contributed by atoms with van der Waals surface area (Å²) in [6.07, 6.45) is 3.23. The zero-order chi connectivity index (χ0) is 16.8. The Morgan fingerprint density at radius 2 is 2.04 bits per heavy atom. The van der Waals surface area contributed by atoms with Crippen LogP contribution in [-0.2, 0) is 4.79 Å². The molecule has 0 radical (unpaired) electrons. The standard InChI is InChI=1S/C16H18FN3O3/c1-2-3-4-13(16(22)23)19-15(21)12-9-18-20-14(12)10-5-7-11(17)8-6-10/h5-9,13H,2-4H2,1H3,(H,18,20)(H,19,21)(H,22,23). The highest BCUT2D eigenvalue weighted by molar-refractivity contribution is 6.01. The van der Waals surface area contributed by atoms with Crippen LogP contribution < -0.4 is 5.32 Å². The summed E-state index contributed by atoms with van der Waals surface area (Å²) < 4.78 is 13.0. The summed E-state index contributed by atoms with van der Waals surface area (Å²) in [6.45, 7) is 1.95. The van der Waals surface area contributed by atoms with E-state index in [0.717, 1.165) is 6.42 Å². The molecule has 0 spiro atoms. The molecule has 6 nitrogen and oxygen atoms in total. The first-order valence-electron chi connectivity index (χ1n) is 7.36. The molecular weight excluding hydrogens is 301 g/mol. The van der Waals surface area contributed by atoms with Crippen LogP contribution in [0.4, 0.5) is 4.39 Å². The van der Waals surface area contributed by atoms with Gasteiger partial charge in [-0.15, -0.1) is 0 Å². The highest BCUT2D eigenvalue weighted by atomic mass is 19.1. The number of carbonyl (C=O) groups excluding carboxylic acids is 1. The molecule has 1 aromatic carbocycles. The van der Waals surface area contributed by atoms with E-state index in [1.165, 1.54) is 30.5 Å². The van der Waals surface area contributed by atoms with E-state index in [1.807, 2.05) is 6.92 Å². The Morgan fingerprint density at radius 1 is 1.35 bits per heavy atom. The number of aromatic amines is 1. The number of carbonyl (C=O) groups is 2. The SMILES string of the molecule is CCCCC(NC(=O)c1cn[nH]c1-c1ccc(F)cc1)C(=O)O. The Bertz CT molecular complexity index is 682. The maximum absolute atomic E-state index is 13.0. The van der Waals surface area contributed by atoms with Crippen LogP contribution in [0, 0.1) is 5.82 Å². The molecule has 0 aliphatic rings. The number of H-pyrrole nitrogens is 1. The number of aromatic nitrogens is 2. The molecule has 7 heteroatoms. The molecule has 1 unspecified atom stereocenters. The van der Waals surface area contributed by atoms with Crippen LogP contribution in [0.15, 0.2) is 30.5 Å². The van der Waals surface area contributed by atoms with Gasteiger partial charge < -0.3 is 10.4 Å². The number of carboxylic acid groups (broad SMARTS) is 1. The molecule has 23 heavy (non-hydrogen) atoms. The first-order valence-corrected chi connectivity index (χ1v) is 7.36. The van der Waals surface area contributed by atoms with Gasteiger partial charge in [0.05, 0.1) is 17.5 Å². The fourth-order valence-electron chi connectivity index (χ4n) is 2.20. The van der Waals surface area contributed by atoms with Crippen LogP contribution in [0.1, 0.15) is 36.5 Å². The Morgan fingerprint density at radius 3 is 2.65 bits per heavy atom. The fraction of sp³-hybridized carbons (Fsp3) is 0.312. The molecule has 0 aliphatic heterocycles. The number of rotatable bonds is 7. The van der Waals surface area contributed by atoms with E-state index in [4.69, 9.17) is 0 Å². The molecule has 0 saturated carbocycles. The van der Waals surface area contributed by atoms with Crippen molar-refractivity contribution < 1.29 is 19.1 Å². The van der Waals surface area contributed by atoms with Gasteiger partial charge in [-0.25, -0.2) is 9.18 Å². The lowest BCUT2D eigenvalue weighted by Gasteiger charge is -2.14. The van der Waals surface area contributed by atoms with Gasteiger partial charge in [0.15, 0.2) is 0 Å². The Kier molecular flexibility index (Phi) is 5.46. The summed E-state index contributed by atoms with van der Waals surface area (Å²) in [4.78, 5) is 23.6. The molecule has 1 atom stereocenters. The zero-order valence-corrected chi connectivity index (χ0v) is 12.7. The predicted molar refractivity (Wildman–Crippen MR) is 82.4 cm³/mol. The summed E-state index contributed by atoms with van der Waals surface area (Å²) in [7, 11) is 0. The number of nitrogens with zero attached hydrogens (tertiary/aromatic N) is 1. The summed E-state index contributed by atoms with van der Waals surface area (Å²) >= 11 is 0. The van der Waals surface area contributed by atoms with E-state index in [-0.39, 0.29) is 11.4 Å². The Balaban J connectivity index is 2.18. The van der Waals surface area contributed by atoms with Crippen molar-refractivity contribution in [1.82, 2.24) is 15.5 Å². The average molecular weight is 319 g/mol. The number of carboxylic acids is 1. The molecule has 0 saturated heterocycles. The zero-order valence-electron chi connectivity index (χ0n) is 12.7. The molecule has 0 fully saturated rings. The third-order valence-electron chi connectivity index (χ3n) is 3.47. The summed E-state index contributed by atoms with van der Waals surface area (Å²) in [5, 5.41) is 18.2. The van der Waals surface area contributed by atoms with Gasteiger partial charge in [0.25, 0.3) is 5.91 Å². The average Bonchev–Trinajstić information content (AvgIpc) is 3.01. The van der Waals surface area contributed by atoms with Gasteiger partial charge in [-0.05, 0) is 30.7 Å². The van der Waals surface area contributed by atoms with Crippen molar-refractivity contribution in [2.24, 2.45) is 0 Å². The second-order valence-electron chi connectivity index (χ2n) is 5.17. The van der Waals surface area contributed by atoms with Gasteiger partial charge in [0.1, 0.15) is 11.9 Å². The summed E-state index contributed by atoms with van der Waals surface area (Å²) in [5.74, 6) is -1.98. The van der Waals surface area contributed by atoms with Crippen LogP contribution in [0.3, 0.4) is 0 Å². The summed E-state index contributed by atoms with van der Waals surface area (Å²) in [5.41, 5.74) is 1.23. The molecule has 3 N–H and O–H groups in total. The first-order chi connectivity index (χ1) is 11.0. The van der Waals surface area contributed by atoms with Crippen molar-refractivity contribution in [2.75, 3.05) is 0 Å². The van der Waals surface area contributed by atoms with Gasteiger partial charge in [0.2, 0.25) is 0 Å². The number of halogens is 1. The Hall–Kier alpha value is -2.70. The maximum atomic E-state index is 13.0. The van der Waals surface area contributed by atoms with E-state index in [2.05, 4.69) is 15.5 Å². The molecular formula is C16H18FN3O3. The van der Waals surface area contributed by atoms with E-state index < -0.39 is 17.9 Å². The number of aliphatic carboxylic acids is 1. The van der Waals surface area contributed by atoms with Crippen molar-refractivity contribution >= 4 is 11.9 Å². The van der Waals surface area contributed by atoms with Gasteiger partial charge in [-0.2, -0.15) is 5.10 Å². The largest absolute Gasteiger partial charge is 0.480 e. The second kappa shape index (κ2) is 7.53. The van der Waals surface area contributed by atoms with Crippen molar-refractivity contribution in [3.05, 3.63) is 41.8 Å². The minimum Gasteiger partial charge on any atom is -0.480 e. The molecule has 1 aromatic heterocycles. The molecule has 0 aliphatic carbocycles. The highest BCUT2D eigenvalue weighted by Crippen LogP contribution is 2.21. The lowest BCUT2D eigenvalue weighted by Crippen LogP contribution is -2.40. The monoisotopic (exact) mass is 319 g/mol. The van der Waals surface area contributed by atoms with Crippen LogP contribution in [0.25, 0.3) is 11.3 Å². The molecule has 2 rings (SSSR count). The lowest BCUT2D eigenvalue weighted by atomic mass is 10.1. The molecule has 0 bridgehead atoms. The first kappa shape index (κ1) is 16.7. The number of hydrogen-bond donors (Lipinski definition) is 3. The minimum atomic E-state index is -1.07. The number of unbranched alkanes of at least 4 members (excludes halogenated alkanes) is 1. The van der Waals surface area contributed by atoms with Crippen LogP contribution >= 0.6 is 0 Å². The fourth-order valence-corrected chi connectivity index (χ4v) is 2.20. The van der Waals surface area contributed by atoms with Crippen molar-refractivity contribution in [3.8, 4) is 11.3 Å². The van der Waals surface area contributed by atoms with E-state index in [9.17, 15) is 19.1 Å². The molecule has 1 heterocycles. The van der Waals surface area contributed by atoms with Crippen molar-refractivity contribution in [1.29, 1.82) is 0 Å². The molecule has 2 aromatic rings. The molecule has 122 valence electrons. The van der Waals surface area contributed by atoms with E-state index in [1.54, 1.807) is 0 Å². The third kappa shape index (κ3) is 4.15. The minimum absolute atomic E-state index is 0.222. The van der Waals surface area contributed by atoms with Crippen molar-refractivity contribution in [3.63, 3.8) is 0 Å². The second-order valence-corrected chi connectivity index (χ2v) is 5.17. The smallest absolute Gasteiger partial charge is 0.326 e. The number of hydrogen-bond acceptors (Lipinski definition) is 3. The van der Waals surface area contributed by atoms with Crippen LogP contribution in [0.5, 0.6) is 0 Å². The topological polar surface area (TPSA) is 95.1 Å². The van der Waals surface area contributed by atoms with E-state index >= 15 is 0 Å². The lowest BCUT2D eigenvalue weighted by molar-refractivity contribution is -0.139. The predicted octanol–water partition coefficient (Wildman–Crippen LogP) is 2.59. The number of amides is 1. The van der Waals surface area contributed by atoms with Crippen LogP contribution in [-0.4, -0.2) is 33.2 Å². The third-order valence-corrected chi connectivity index (χ3v) is 3.47. The quantitative estimate of drug-likeness (QED) is 0.731. The van der Waals surface area contributed by atoms with E-state index in [0.29, 0.717) is 24.1 Å². The van der Waals surface area contributed by atoms with Gasteiger partial charge in [-0.1, -0.05) is 19.8 Å². The van der Waals surface area contributed by atoms with Crippen LogP contribution in [0.2, 0.25) is 0 Å². The number of benzene rings is 1. The Labute approximate surface area is 132 Å². The highest BCUT2D eigenvalue weighted by Gasteiger charge is 2.22. The number of nitrogens with one attached hydrogen (secondary N) is 2. The van der Waals surface area contributed by atoms with Gasteiger partial charge in [0, 0.05) is 5.56 Å². The van der Waals surface area contributed by atoms with Gasteiger partial charge in [-0.3, -0.25) is 9.89 Å². The summed E-state index contributed by atoms with van der Waals surface area (Å²) in [6, 6.07) is 4.65. The maximum Gasteiger partial charge on any atom is 0.326 e. The van der Waals surface area contributed by atoms with Gasteiger partial charge >= 0.3 is 5.97 Å². The molecule has 1 amide bonds. The normalized spacial score (nSPS) is 11.9. The van der Waals surface area contributed by atoms with Crippen molar-refractivity contribution in [2.45, 2.75) is 32.2 Å².